The molecular weight excluding hydrogens is 200 g/mol. The molecule has 0 aromatic heterocycles. The molecule has 2 atom stereocenters. The third kappa shape index (κ3) is 3.25. The van der Waals surface area contributed by atoms with Gasteiger partial charge in [-0.3, -0.25) is 0 Å². The Labute approximate surface area is 87.9 Å². The van der Waals surface area contributed by atoms with Crippen LogP contribution in [0.3, 0.4) is 0 Å². The Morgan fingerprint density at radius 1 is 1.27 bits per heavy atom. The maximum Gasteiger partial charge on any atom is 0.130 e. The molecule has 0 amide bonds. The summed E-state index contributed by atoms with van der Waals surface area (Å²) in [4.78, 5) is 0. The lowest BCUT2D eigenvalue weighted by Crippen LogP contribution is -2.28. The fourth-order valence-electron chi connectivity index (χ4n) is 1.37. The summed E-state index contributed by atoms with van der Waals surface area (Å²) in [6, 6.07) is 3.31. The maximum atomic E-state index is 13.3. The zero-order valence-corrected chi connectivity index (χ0v) is 8.80. The first-order valence-electron chi connectivity index (χ1n) is 4.87. The van der Waals surface area contributed by atoms with Crippen LogP contribution in [-0.2, 0) is 0 Å². The number of hydrogen-bond acceptors (Lipinski definition) is 2. The van der Waals surface area contributed by atoms with Gasteiger partial charge in [0, 0.05) is 18.2 Å². The van der Waals surface area contributed by atoms with Gasteiger partial charge < -0.3 is 10.4 Å². The van der Waals surface area contributed by atoms with Crippen LogP contribution in [0.25, 0.3) is 0 Å². The molecule has 84 valence electrons. The van der Waals surface area contributed by atoms with E-state index < -0.39 is 23.8 Å². The van der Waals surface area contributed by atoms with Crippen molar-refractivity contribution >= 4 is 0 Å². The van der Waals surface area contributed by atoms with E-state index in [1.165, 1.54) is 18.2 Å². The van der Waals surface area contributed by atoms with Crippen molar-refractivity contribution in [3.63, 3.8) is 0 Å². The number of nitrogens with one attached hydrogen (secondary N) is 1. The average Bonchev–Trinajstić information content (AvgIpc) is 2.14. The van der Waals surface area contributed by atoms with Crippen molar-refractivity contribution in [2.45, 2.75) is 26.0 Å². The van der Waals surface area contributed by atoms with E-state index in [2.05, 4.69) is 5.32 Å². The van der Waals surface area contributed by atoms with Crippen LogP contribution >= 0.6 is 0 Å². The van der Waals surface area contributed by atoms with Gasteiger partial charge in [0.05, 0.1) is 6.10 Å². The fourth-order valence-corrected chi connectivity index (χ4v) is 1.37. The monoisotopic (exact) mass is 215 g/mol. The van der Waals surface area contributed by atoms with Gasteiger partial charge >= 0.3 is 0 Å². The summed E-state index contributed by atoms with van der Waals surface area (Å²) in [6.45, 7) is 3.57. The summed E-state index contributed by atoms with van der Waals surface area (Å²) in [7, 11) is 0. The Hall–Kier alpha value is -1.00. The quantitative estimate of drug-likeness (QED) is 0.805. The SMILES string of the molecule is CC(NC[C@@H](C)O)c1c(F)cccc1F. The highest BCUT2D eigenvalue weighted by Gasteiger charge is 2.15. The minimum absolute atomic E-state index is 0.0122. The highest BCUT2D eigenvalue weighted by molar-refractivity contribution is 5.22. The molecule has 0 saturated heterocycles. The van der Waals surface area contributed by atoms with E-state index >= 15 is 0 Å². The second kappa shape index (κ2) is 5.19. The maximum absolute atomic E-state index is 13.3. The summed E-state index contributed by atoms with van der Waals surface area (Å²) in [5.41, 5.74) is 0.0122. The molecular formula is C11H15F2NO. The smallest absolute Gasteiger partial charge is 0.130 e. The van der Waals surface area contributed by atoms with E-state index in [0.29, 0.717) is 6.54 Å². The second-order valence-corrected chi connectivity index (χ2v) is 3.61. The van der Waals surface area contributed by atoms with E-state index in [0.717, 1.165) is 0 Å². The highest BCUT2D eigenvalue weighted by Crippen LogP contribution is 2.19. The van der Waals surface area contributed by atoms with E-state index in [1.807, 2.05) is 0 Å². The molecule has 0 aliphatic rings. The molecule has 1 unspecified atom stereocenters. The standard InChI is InChI=1S/C11H15F2NO/c1-7(15)6-14-8(2)11-9(12)4-3-5-10(11)13/h3-5,7-8,14-15H,6H2,1-2H3/t7-,8?/m1/s1. The number of aliphatic hydroxyl groups excluding tert-OH is 1. The first-order chi connectivity index (χ1) is 7.02. The molecule has 4 heteroatoms. The Bertz CT molecular complexity index is 308. The number of benzene rings is 1. The average molecular weight is 215 g/mol. The zero-order valence-electron chi connectivity index (χ0n) is 8.80. The van der Waals surface area contributed by atoms with Crippen molar-refractivity contribution in [2.75, 3.05) is 6.54 Å². The normalized spacial score (nSPS) is 15.0. The number of rotatable bonds is 4. The van der Waals surface area contributed by atoms with E-state index in [4.69, 9.17) is 5.11 Å². The Morgan fingerprint density at radius 2 is 1.80 bits per heavy atom. The van der Waals surface area contributed by atoms with Crippen molar-refractivity contribution in [2.24, 2.45) is 0 Å². The van der Waals surface area contributed by atoms with Crippen molar-refractivity contribution in [3.05, 3.63) is 35.4 Å². The largest absolute Gasteiger partial charge is 0.392 e. The van der Waals surface area contributed by atoms with Crippen LogP contribution in [0.15, 0.2) is 18.2 Å². The summed E-state index contributed by atoms with van der Waals surface area (Å²) in [6.07, 6.45) is -0.540. The van der Waals surface area contributed by atoms with Crippen LogP contribution in [-0.4, -0.2) is 17.8 Å². The van der Waals surface area contributed by atoms with Gasteiger partial charge in [0.15, 0.2) is 0 Å². The molecule has 0 bridgehead atoms. The molecule has 0 aliphatic heterocycles. The molecule has 0 spiro atoms. The van der Waals surface area contributed by atoms with Crippen molar-refractivity contribution in [1.29, 1.82) is 0 Å². The molecule has 15 heavy (non-hydrogen) atoms. The molecule has 1 rings (SSSR count). The molecule has 2 nitrogen and oxygen atoms in total. The van der Waals surface area contributed by atoms with Crippen molar-refractivity contribution in [1.82, 2.24) is 5.32 Å². The molecule has 0 heterocycles. The predicted molar refractivity (Wildman–Crippen MR) is 54.5 cm³/mol. The topological polar surface area (TPSA) is 32.3 Å². The minimum Gasteiger partial charge on any atom is -0.392 e. The Balaban J connectivity index is 2.77. The van der Waals surface area contributed by atoms with Crippen molar-refractivity contribution in [3.8, 4) is 0 Å². The minimum atomic E-state index is -0.569. The molecule has 0 radical (unpaired) electrons. The predicted octanol–water partition coefficient (Wildman–Crippen LogP) is 2.00. The summed E-state index contributed by atoms with van der Waals surface area (Å²) in [5, 5.41) is 11.9. The van der Waals surface area contributed by atoms with Gasteiger partial charge in [-0.1, -0.05) is 6.07 Å². The molecule has 2 N–H and O–H groups in total. The molecule has 0 aliphatic carbocycles. The van der Waals surface area contributed by atoms with Gasteiger partial charge in [-0.25, -0.2) is 8.78 Å². The first-order valence-corrected chi connectivity index (χ1v) is 4.87. The van der Waals surface area contributed by atoms with Crippen LogP contribution in [0.5, 0.6) is 0 Å². The van der Waals surface area contributed by atoms with Gasteiger partial charge in [-0.05, 0) is 26.0 Å². The fraction of sp³-hybridized carbons (Fsp3) is 0.455. The van der Waals surface area contributed by atoms with Crippen LogP contribution < -0.4 is 5.32 Å². The number of aliphatic hydroxyl groups is 1. The van der Waals surface area contributed by atoms with Gasteiger partial charge in [0.1, 0.15) is 11.6 Å². The Kier molecular flexibility index (Phi) is 4.17. The van der Waals surface area contributed by atoms with Gasteiger partial charge in [0.2, 0.25) is 0 Å². The molecule has 1 aromatic rings. The van der Waals surface area contributed by atoms with Crippen molar-refractivity contribution < 1.29 is 13.9 Å². The van der Waals surface area contributed by atoms with E-state index in [1.54, 1.807) is 13.8 Å². The zero-order chi connectivity index (χ0) is 11.4. The summed E-state index contributed by atoms with van der Waals surface area (Å²) >= 11 is 0. The lowest BCUT2D eigenvalue weighted by atomic mass is 10.1. The van der Waals surface area contributed by atoms with Gasteiger partial charge in [0.25, 0.3) is 0 Å². The second-order valence-electron chi connectivity index (χ2n) is 3.61. The summed E-state index contributed by atoms with van der Waals surface area (Å²) < 4.78 is 26.6. The third-order valence-electron chi connectivity index (χ3n) is 2.15. The third-order valence-corrected chi connectivity index (χ3v) is 2.15. The summed E-state index contributed by atoms with van der Waals surface area (Å²) in [5.74, 6) is -1.14. The van der Waals surface area contributed by atoms with Gasteiger partial charge in [-0.2, -0.15) is 0 Å². The first kappa shape index (κ1) is 12.1. The highest BCUT2D eigenvalue weighted by atomic mass is 19.1. The van der Waals surface area contributed by atoms with Crippen LogP contribution in [0.2, 0.25) is 0 Å². The number of halogens is 2. The molecule has 1 aromatic carbocycles. The van der Waals surface area contributed by atoms with Crippen LogP contribution in [0.1, 0.15) is 25.5 Å². The Morgan fingerprint density at radius 3 is 2.27 bits per heavy atom. The van der Waals surface area contributed by atoms with Gasteiger partial charge in [-0.15, -0.1) is 0 Å². The van der Waals surface area contributed by atoms with Crippen LogP contribution in [0.4, 0.5) is 8.78 Å². The van der Waals surface area contributed by atoms with Crippen LogP contribution in [0, 0.1) is 11.6 Å². The van der Waals surface area contributed by atoms with E-state index in [9.17, 15) is 8.78 Å². The molecule has 0 fully saturated rings. The lowest BCUT2D eigenvalue weighted by molar-refractivity contribution is 0.186. The van der Waals surface area contributed by atoms with E-state index in [-0.39, 0.29) is 5.56 Å². The lowest BCUT2D eigenvalue weighted by Gasteiger charge is -2.16. The number of hydrogen-bond donors (Lipinski definition) is 2. The molecule has 0 saturated carbocycles.